The zero-order valence-corrected chi connectivity index (χ0v) is 34.5. The van der Waals surface area contributed by atoms with E-state index < -0.39 is 0 Å². The fourth-order valence-electron chi connectivity index (χ4n) is 9.86. The molecule has 6 aromatic carbocycles. The molecule has 0 aliphatic carbocycles. The SMILES string of the molecule is C=CCC1(Cc2ccccc2)/C(=C\C=C\C2=[N+](C)c3ccccc3C2(Cc2ccccc2C)Cc2ccccc2C)N(CCC(C)C)c2cc3ccccc3cc21. The Balaban J connectivity index is 1.33. The van der Waals surface area contributed by atoms with Crippen molar-refractivity contribution in [2.75, 3.05) is 18.5 Å². The summed E-state index contributed by atoms with van der Waals surface area (Å²) >= 11 is 0. The summed E-state index contributed by atoms with van der Waals surface area (Å²) in [4.78, 5) is 2.66. The maximum Gasteiger partial charge on any atom is 0.209 e. The number of para-hydroxylation sites is 1. The molecule has 2 aliphatic heterocycles. The van der Waals surface area contributed by atoms with Crippen molar-refractivity contribution >= 4 is 27.9 Å². The van der Waals surface area contributed by atoms with Crippen molar-refractivity contribution in [3.05, 3.63) is 215 Å². The highest BCUT2D eigenvalue weighted by molar-refractivity contribution is 6.04. The van der Waals surface area contributed by atoms with Gasteiger partial charge in [0.1, 0.15) is 7.05 Å². The first-order valence-electron chi connectivity index (χ1n) is 20.9. The largest absolute Gasteiger partial charge is 0.344 e. The molecule has 6 aromatic rings. The minimum absolute atomic E-state index is 0.269. The summed E-state index contributed by atoms with van der Waals surface area (Å²) in [6.07, 6.45) is 14.1. The normalized spacial score (nSPS) is 17.9. The highest BCUT2D eigenvalue weighted by atomic mass is 15.2. The van der Waals surface area contributed by atoms with E-state index in [-0.39, 0.29) is 10.8 Å². The number of nitrogens with zero attached hydrogens (tertiary/aromatic N) is 2. The van der Waals surface area contributed by atoms with E-state index in [2.05, 4.69) is 215 Å². The standard InChI is InChI=1S/C55H57N2/c1-7-33-54(37-43-22-9-8-10-23-43)49-35-44-24-15-16-25-45(44)36-51(49)57(34-32-40(2)3)53(54)31-19-30-52-55(38-46-26-13-11-20-41(46)4,39-47-27-14-12-21-42(47)5)48-28-17-18-29-50(48)56(52)6/h7-31,35-36,40H,1,32-34,37-39H2,2-6H3/q+1. The lowest BCUT2D eigenvalue weighted by Crippen LogP contribution is -2.39. The Kier molecular flexibility index (Phi) is 10.7. The number of anilines is 1. The van der Waals surface area contributed by atoms with Crippen LogP contribution in [-0.2, 0) is 30.1 Å². The van der Waals surface area contributed by atoms with Gasteiger partial charge in [0, 0.05) is 41.1 Å². The number of hydrogen-bond acceptors (Lipinski definition) is 1. The van der Waals surface area contributed by atoms with Crippen molar-refractivity contribution in [2.24, 2.45) is 5.92 Å². The molecule has 2 nitrogen and oxygen atoms in total. The third-order valence-electron chi connectivity index (χ3n) is 12.9. The first-order valence-corrected chi connectivity index (χ1v) is 20.9. The van der Waals surface area contributed by atoms with Gasteiger partial charge in [-0.2, -0.15) is 4.58 Å². The Hall–Kier alpha value is -5.73. The molecule has 0 saturated heterocycles. The van der Waals surface area contributed by atoms with Crippen LogP contribution in [0.15, 0.2) is 176 Å². The van der Waals surface area contributed by atoms with Gasteiger partial charge in [-0.25, -0.2) is 0 Å². The minimum atomic E-state index is -0.279. The zero-order valence-electron chi connectivity index (χ0n) is 34.5. The number of allylic oxidation sites excluding steroid dienone is 5. The van der Waals surface area contributed by atoms with Crippen molar-refractivity contribution in [2.45, 2.75) is 70.6 Å². The van der Waals surface area contributed by atoms with E-state index in [1.165, 1.54) is 72.5 Å². The Labute approximate surface area is 341 Å². The molecule has 286 valence electrons. The van der Waals surface area contributed by atoms with Gasteiger partial charge in [-0.1, -0.05) is 147 Å². The first kappa shape index (κ1) is 38.2. The molecule has 1 atom stereocenters. The molecule has 0 aromatic heterocycles. The predicted molar refractivity (Wildman–Crippen MR) is 243 cm³/mol. The van der Waals surface area contributed by atoms with Crippen LogP contribution in [0.3, 0.4) is 0 Å². The third kappa shape index (κ3) is 7.12. The average Bonchev–Trinajstić information content (AvgIpc) is 3.59. The molecule has 8 rings (SSSR count). The molecule has 0 amide bonds. The molecule has 0 saturated carbocycles. The maximum atomic E-state index is 4.39. The Bertz CT molecular complexity index is 2470. The van der Waals surface area contributed by atoms with Gasteiger partial charge in [0.2, 0.25) is 5.69 Å². The van der Waals surface area contributed by atoms with E-state index in [1.54, 1.807) is 0 Å². The van der Waals surface area contributed by atoms with Gasteiger partial charge >= 0.3 is 0 Å². The van der Waals surface area contributed by atoms with Gasteiger partial charge in [0.15, 0.2) is 5.71 Å². The summed E-state index contributed by atoms with van der Waals surface area (Å²) in [7, 11) is 2.27. The van der Waals surface area contributed by atoms with E-state index >= 15 is 0 Å². The van der Waals surface area contributed by atoms with Gasteiger partial charge in [0.25, 0.3) is 0 Å². The van der Waals surface area contributed by atoms with Crippen molar-refractivity contribution in [3.63, 3.8) is 0 Å². The minimum Gasteiger partial charge on any atom is -0.344 e. The second kappa shape index (κ2) is 16.0. The molecule has 0 fully saturated rings. The lowest BCUT2D eigenvalue weighted by atomic mass is 9.68. The molecule has 2 aliphatic rings. The van der Waals surface area contributed by atoms with Crippen LogP contribution in [0.2, 0.25) is 0 Å². The van der Waals surface area contributed by atoms with Crippen LogP contribution >= 0.6 is 0 Å². The molecule has 2 heterocycles. The summed E-state index contributed by atoms with van der Waals surface area (Å²) in [6.45, 7) is 14.6. The van der Waals surface area contributed by atoms with Crippen molar-refractivity contribution in [1.82, 2.24) is 0 Å². The highest BCUT2D eigenvalue weighted by Gasteiger charge is 2.51. The van der Waals surface area contributed by atoms with E-state index in [0.717, 1.165) is 38.6 Å². The topological polar surface area (TPSA) is 6.25 Å². The molecule has 1 unspecified atom stereocenters. The predicted octanol–water partition coefficient (Wildman–Crippen LogP) is 13.0. The van der Waals surface area contributed by atoms with Gasteiger partial charge in [-0.3, -0.25) is 0 Å². The number of rotatable bonds is 13. The molecule has 57 heavy (non-hydrogen) atoms. The molecule has 0 bridgehead atoms. The molecule has 0 spiro atoms. The molecule has 0 radical (unpaired) electrons. The lowest BCUT2D eigenvalue weighted by molar-refractivity contribution is -0.401. The smallest absolute Gasteiger partial charge is 0.209 e. The fourth-order valence-corrected chi connectivity index (χ4v) is 9.86. The molecule has 2 heteroatoms. The van der Waals surface area contributed by atoms with Crippen LogP contribution in [0.25, 0.3) is 10.8 Å². The fraction of sp³-hybridized carbons (Fsp3) is 0.255. The van der Waals surface area contributed by atoms with Crippen LogP contribution in [0, 0.1) is 19.8 Å². The summed E-state index contributed by atoms with van der Waals surface area (Å²) < 4.78 is 2.47. The molecule has 0 N–H and O–H groups in total. The van der Waals surface area contributed by atoms with Gasteiger partial charge in [-0.05, 0) is 114 Å². The average molecular weight is 746 g/mol. The Morgan fingerprint density at radius 1 is 0.667 bits per heavy atom. The first-order chi connectivity index (χ1) is 27.7. The van der Waals surface area contributed by atoms with Crippen molar-refractivity contribution in [3.8, 4) is 0 Å². The summed E-state index contributed by atoms with van der Waals surface area (Å²) in [5, 5.41) is 2.57. The summed E-state index contributed by atoms with van der Waals surface area (Å²) in [5.74, 6) is 0.582. The van der Waals surface area contributed by atoms with Crippen LogP contribution in [-0.4, -0.2) is 23.9 Å². The number of hydrogen-bond donors (Lipinski definition) is 0. The summed E-state index contributed by atoms with van der Waals surface area (Å²) in [6, 6.07) is 51.9. The van der Waals surface area contributed by atoms with E-state index in [1.807, 2.05) is 0 Å². The van der Waals surface area contributed by atoms with E-state index in [0.29, 0.717) is 5.92 Å². The summed E-state index contributed by atoms with van der Waals surface area (Å²) in [5.41, 5.74) is 14.4. The molecular formula is C55H57N2+. The third-order valence-corrected chi connectivity index (χ3v) is 12.9. The highest BCUT2D eigenvalue weighted by Crippen LogP contribution is 2.54. The quantitative estimate of drug-likeness (QED) is 0.0843. The van der Waals surface area contributed by atoms with Gasteiger partial charge < -0.3 is 4.90 Å². The second-order valence-corrected chi connectivity index (χ2v) is 16.9. The number of aryl methyl sites for hydroxylation is 2. The maximum absolute atomic E-state index is 4.39. The van der Waals surface area contributed by atoms with Crippen molar-refractivity contribution in [1.29, 1.82) is 0 Å². The van der Waals surface area contributed by atoms with Crippen molar-refractivity contribution < 1.29 is 4.58 Å². The number of fused-ring (bicyclic) bond motifs is 3. The molecular weight excluding hydrogens is 689 g/mol. The van der Waals surface area contributed by atoms with Crippen LogP contribution in [0.5, 0.6) is 0 Å². The van der Waals surface area contributed by atoms with Crippen LogP contribution in [0.4, 0.5) is 11.4 Å². The Morgan fingerprint density at radius 3 is 1.91 bits per heavy atom. The Morgan fingerprint density at radius 2 is 1.26 bits per heavy atom. The van der Waals surface area contributed by atoms with Gasteiger partial charge in [0.05, 0.1) is 5.41 Å². The zero-order chi connectivity index (χ0) is 39.6. The van der Waals surface area contributed by atoms with Crippen LogP contribution < -0.4 is 4.90 Å². The second-order valence-electron chi connectivity index (χ2n) is 16.9. The van der Waals surface area contributed by atoms with Crippen LogP contribution in [0.1, 0.15) is 65.6 Å². The monoisotopic (exact) mass is 745 g/mol. The lowest BCUT2D eigenvalue weighted by Gasteiger charge is -2.34. The van der Waals surface area contributed by atoms with Gasteiger partial charge in [-0.15, -0.1) is 6.58 Å². The van der Waals surface area contributed by atoms with E-state index in [4.69, 9.17) is 0 Å². The van der Waals surface area contributed by atoms with E-state index in [9.17, 15) is 0 Å². The number of benzene rings is 6.